The molecule has 0 aliphatic carbocycles. The molecule has 0 aliphatic heterocycles. The smallest absolute Gasteiger partial charge is 0.170 e. The van der Waals surface area contributed by atoms with Crippen LogP contribution in [0.4, 0.5) is 0 Å². The molecule has 5 nitrogen and oxygen atoms in total. The molecule has 2 rings (SSSR count). The fraction of sp³-hybridized carbons (Fsp3) is 0.364. The highest BCUT2D eigenvalue weighted by atomic mass is 35.5. The Balaban J connectivity index is 2.24. The molecule has 1 aromatic carbocycles. The van der Waals surface area contributed by atoms with Crippen molar-refractivity contribution in [3.63, 3.8) is 0 Å². The zero-order valence-electron chi connectivity index (χ0n) is 9.90. The molecule has 0 fully saturated rings. The van der Waals surface area contributed by atoms with Crippen molar-refractivity contribution >= 4 is 23.2 Å². The van der Waals surface area contributed by atoms with Gasteiger partial charge in [-0.05, 0) is 41.6 Å². The van der Waals surface area contributed by atoms with Gasteiger partial charge in [-0.25, -0.2) is 0 Å². The lowest BCUT2D eigenvalue weighted by Crippen LogP contribution is -2.17. The van der Waals surface area contributed by atoms with Crippen molar-refractivity contribution in [1.29, 1.82) is 0 Å². The van der Waals surface area contributed by atoms with E-state index in [1.807, 2.05) is 0 Å². The predicted molar refractivity (Wildman–Crippen MR) is 71.2 cm³/mol. The van der Waals surface area contributed by atoms with Gasteiger partial charge in [-0.1, -0.05) is 30.1 Å². The quantitative estimate of drug-likeness (QED) is 0.858. The molecule has 18 heavy (non-hydrogen) atoms. The Morgan fingerprint density at radius 1 is 1.22 bits per heavy atom. The number of nitrogens with zero attached hydrogens (tertiary/aromatic N) is 4. The molecule has 1 N–H and O–H groups in total. The summed E-state index contributed by atoms with van der Waals surface area (Å²) in [5.41, 5.74) is 0.755. The van der Waals surface area contributed by atoms with E-state index in [1.54, 1.807) is 22.9 Å². The molecule has 0 atom stereocenters. The maximum absolute atomic E-state index is 5.96. The molecule has 0 aliphatic rings. The second-order valence-corrected chi connectivity index (χ2v) is 4.68. The molecule has 1 aromatic heterocycles. The summed E-state index contributed by atoms with van der Waals surface area (Å²) >= 11 is 11.9. The Hall–Kier alpha value is -1.17. The van der Waals surface area contributed by atoms with Crippen molar-refractivity contribution in [3.8, 4) is 5.69 Å². The van der Waals surface area contributed by atoms with Gasteiger partial charge in [0.1, 0.15) is 0 Å². The lowest BCUT2D eigenvalue weighted by Gasteiger charge is -2.06. The van der Waals surface area contributed by atoms with Crippen LogP contribution in [0.1, 0.15) is 19.2 Å². The molecule has 0 bridgehead atoms. The first kappa shape index (κ1) is 13.3. The van der Waals surface area contributed by atoms with Gasteiger partial charge in [-0.2, -0.15) is 4.68 Å². The van der Waals surface area contributed by atoms with Crippen molar-refractivity contribution in [2.75, 3.05) is 6.54 Å². The normalized spacial score (nSPS) is 10.8. The number of tetrazole rings is 1. The lowest BCUT2D eigenvalue weighted by atomic mass is 10.3. The highest BCUT2D eigenvalue weighted by Gasteiger charge is 2.09. The Kier molecular flexibility index (Phi) is 4.52. The first-order valence-electron chi connectivity index (χ1n) is 5.65. The molecule has 2 aromatic rings. The van der Waals surface area contributed by atoms with Crippen molar-refractivity contribution in [2.24, 2.45) is 0 Å². The van der Waals surface area contributed by atoms with Gasteiger partial charge in [-0.15, -0.1) is 5.10 Å². The van der Waals surface area contributed by atoms with E-state index in [9.17, 15) is 0 Å². The van der Waals surface area contributed by atoms with Crippen LogP contribution in [0.3, 0.4) is 0 Å². The van der Waals surface area contributed by atoms with E-state index in [0.29, 0.717) is 16.6 Å². The Labute approximate surface area is 115 Å². The molecule has 0 amide bonds. The Bertz CT molecular complexity index is 506. The van der Waals surface area contributed by atoms with Crippen LogP contribution in [0.15, 0.2) is 18.2 Å². The van der Waals surface area contributed by atoms with Crippen LogP contribution in [0.5, 0.6) is 0 Å². The minimum Gasteiger partial charge on any atom is -0.310 e. The first-order chi connectivity index (χ1) is 8.70. The number of halogens is 2. The fourth-order valence-electron chi connectivity index (χ4n) is 1.56. The maximum Gasteiger partial charge on any atom is 0.170 e. The van der Waals surface area contributed by atoms with Gasteiger partial charge in [0, 0.05) is 10.0 Å². The third kappa shape index (κ3) is 3.19. The van der Waals surface area contributed by atoms with E-state index < -0.39 is 0 Å². The summed E-state index contributed by atoms with van der Waals surface area (Å²) < 4.78 is 1.63. The highest BCUT2D eigenvalue weighted by Crippen LogP contribution is 2.21. The number of hydrogen-bond acceptors (Lipinski definition) is 4. The average molecular weight is 286 g/mol. The second-order valence-electron chi connectivity index (χ2n) is 3.81. The summed E-state index contributed by atoms with van der Waals surface area (Å²) in [7, 11) is 0. The molecule has 1 heterocycles. The number of aromatic nitrogens is 4. The summed E-state index contributed by atoms with van der Waals surface area (Å²) in [4.78, 5) is 0. The van der Waals surface area contributed by atoms with E-state index in [2.05, 4.69) is 27.8 Å². The van der Waals surface area contributed by atoms with Crippen molar-refractivity contribution in [1.82, 2.24) is 25.5 Å². The number of rotatable bonds is 5. The van der Waals surface area contributed by atoms with Crippen LogP contribution in [0.25, 0.3) is 5.69 Å². The standard InChI is InChI=1S/C11H13Cl2N5/c1-2-3-14-7-11-15-16-17-18(11)10-5-8(12)4-9(13)6-10/h4-6,14H,2-3,7H2,1H3. The fourth-order valence-corrected chi connectivity index (χ4v) is 2.07. The molecule has 0 saturated heterocycles. The molecular formula is C11H13Cl2N5. The summed E-state index contributed by atoms with van der Waals surface area (Å²) in [6.45, 7) is 3.63. The van der Waals surface area contributed by atoms with Gasteiger partial charge in [0.2, 0.25) is 0 Å². The number of benzene rings is 1. The molecule has 0 spiro atoms. The third-order valence-corrected chi connectivity index (χ3v) is 2.77. The van der Waals surface area contributed by atoms with Crippen LogP contribution >= 0.6 is 23.2 Å². The van der Waals surface area contributed by atoms with Crippen molar-refractivity contribution < 1.29 is 0 Å². The summed E-state index contributed by atoms with van der Waals surface area (Å²) in [5, 5.41) is 16.0. The summed E-state index contributed by atoms with van der Waals surface area (Å²) in [5.74, 6) is 0.724. The van der Waals surface area contributed by atoms with Crippen LogP contribution in [-0.2, 0) is 6.54 Å². The highest BCUT2D eigenvalue weighted by molar-refractivity contribution is 6.34. The van der Waals surface area contributed by atoms with Gasteiger partial charge in [0.05, 0.1) is 12.2 Å². The van der Waals surface area contributed by atoms with E-state index in [0.717, 1.165) is 24.5 Å². The molecule has 96 valence electrons. The Morgan fingerprint density at radius 3 is 2.61 bits per heavy atom. The molecule has 0 saturated carbocycles. The molecule has 7 heteroatoms. The van der Waals surface area contributed by atoms with Gasteiger partial charge < -0.3 is 5.32 Å². The van der Waals surface area contributed by atoms with Crippen molar-refractivity contribution in [2.45, 2.75) is 19.9 Å². The minimum absolute atomic E-state index is 0.556. The average Bonchev–Trinajstić information content (AvgIpc) is 2.76. The van der Waals surface area contributed by atoms with E-state index >= 15 is 0 Å². The summed E-state index contributed by atoms with van der Waals surface area (Å²) in [6, 6.07) is 5.21. The second kappa shape index (κ2) is 6.13. The van der Waals surface area contributed by atoms with E-state index in [-0.39, 0.29) is 0 Å². The SMILES string of the molecule is CCCNCc1nnnn1-c1cc(Cl)cc(Cl)c1. The van der Waals surface area contributed by atoms with Crippen LogP contribution in [0, 0.1) is 0 Å². The monoisotopic (exact) mass is 285 g/mol. The zero-order valence-corrected chi connectivity index (χ0v) is 11.4. The predicted octanol–water partition coefficient (Wildman–Crippen LogP) is 2.47. The summed E-state index contributed by atoms with van der Waals surface area (Å²) in [6.07, 6.45) is 1.06. The molecule has 0 radical (unpaired) electrons. The minimum atomic E-state index is 0.556. The lowest BCUT2D eigenvalue weighted by molar-refractivity contribution is 0.633. The van der Waals surface area contributed by atoms with Crippen molar-refractivity contribution in [3.05, 3.63) is 34.1 Å². The van der Waals surface area contributed by atoms with Gasteiger partial charge in [-0.3, -0.25) is 0 Å². The van der Waals surface area contributed by atoms with E-state index in [1.165, 1.54) is 0 Å². The third-order valence-electron chi connectivity index (χ3n) is 2.34. The van der Waals surface area contributed by atoms with Gasteiger partial charge in [0.15, 0.2) is 5.82 Å². The largest absolute Gasteiger partial charge is 0.310 e. The van der Waals surface area contributed by atoms with Gasteiger partial charge >= 0.3 is 0 Å². The molecule has 0 unspecified atom stereocenters. The van der Waals surface area contributed by atoms with E-state index in [4.69, 9.17) is 23.2 Å². The topological polar surface area (TPSA) is 55.6 Å². The first-order valence-corrected chi connectivity index (χ1v) is 6.40. The number of hydrogen-bond donors (Lipinski definition) is 1. The Morgan fingerprint density at radius 2 is 1.94 bits per heavy atom. The maximum atomic E-state index is 5.96. The molecular weight excluding hydrogens is 273 g/mol. The van der Waals surface area contributed by atoms with Crippen LogP contribution in [0.2, 0.25) is 10.0 Å². The number of nitrogens with one attached hydrogen (secondary N) is 1. The zero-order chi connectivity index (χ0) is 13.0. The van der Waals surface area contributed by atoms with Crippen LogP contribution < -0.4 is 5.32 Å². The van der Waals surface area contributed by atoms with Gasteiger partial charge in [0.25, 0.3) is 0 Å². The van der Waals surface area contributed by atoms with Crippen LogP contribution in [-0.4, -0.2) is 26.8 Å².